The Kier molecular flexibility index (Phi) is 3.33. The van der Waals surface area contributed by atoms with Crippen LogP contribution < -0.4 is 5.73 Å². The first-order valence-electron chi connectivity index (χ1n) is 5.26. The van der Waals surface area contributed by atoms with Crippen LogP contribution in [0.2, 0.25) is 0 Å². The molecule has 0 aliphatic rings. The molecule has 0 spiro atoms. The first-order chi connectivity index (χ1) is 8.66. The molecule has 0 atom stereocenters. The Bertz CT molecular complexity index is 591. The minimum Gasteiger partial charge on any atom is -0.478 e. The van der Waals surface area contributed by atoms with E-state index in [2.05, 4.69) is 10.2 Å². The first kappa shape index (κ1) is 11.8. The van der Waals surface area contributed by atoms with Crippen LogP contribution in [0.3, 0.4) is 0 Å². The molecule has 5 nitrogen and oxygen atoms in total. The number of carboxylic acid groups (broad SMARTS) is 1. The van der Waals surface area contributed by atoms with Gasteiger partial charge in [-0.2, -0.15) is 5.11 Å². The van der Waals surface area contributed by atoms with E-state index in [1.54, 1.807) is 42.5 Å². The highest BCUT2D eigenvalue weighted by Gasteiger charge is 2.07. The van der Waals surface area contributed by atoms with Gasteiger partial charge in [0.05, 0.1) is 11.3 Å². The van der Waals surface area contributed by atoms with Crippen LogP contribution in [0.1, 0.15) is 10.4 Å². The number of nitrogens with zero attached hydrogens (tertiary/aromatic N) is 2. The number of nitrogens with two attached hydrogens (primary N) is 1. The molecule has 0 amide bonds. The Morgan fingerprint density at radius 2 is 1.67 bits per heavy atom. The molecule has 0 radical (unpaired) electrons. The first-order valence-corrected chi connectivity index (χ1v) is 5.26. The Labute approximate surface area is 104 Å². The normalized spacial score (nSPS) is 10.7. The number of anilines is 1. The maximum Gasteiger partial charge on any atom is 0.337 e. The molecular formula is C13H11N3O2. The van der Waals surface area contributed by atoms with Crippen LogP contribution in [0.25, 0.3) is 0 Å². The number of carbonyl (C=O) groups is 1. The van der Waals surface area contributed by atoms with E-state index in [-0.39, 0.29) is 5.56 Å². The zero-order chi connectivity index (χ0) is 13.0. The van der Waals surface area contributed by atoms with E-state index >= 15 is 0 Å². The van der Waals surface area contributed by atoms with Crippen molar-refractivity contribution < 1.29 is 9.90 Å². The van der Waals surface area contributed by atoms with Crippen molar-refractivity contribution >= 4 is 23.0 Å². The third-order valence-corrected chi connectivity index (χ3v) is 2.30. The van der Waals surface area contributed by atoms with Crippen molar-refractivity contribution in [3.05, 3.63) is 54.1 Å². The third kappa shape index (κ3) is 2.70. The molecule has 0 aromatic heterocycles. The molecule has 0 bridgehead atoms. The summed E-state index contributed by atoms with van der Waals surface area (Å²) in [4.78, 5) is 11.0. The SMILES string of the molecule is Nc1ccc(/N=N/c2ccccc2C(=O)O)cc1. The van der Waals surface area contributed by atoms with E-state index in [9.17, 15) is 4.79 Å². The Balaban J connectivity index is 2.29. The molecule has 0 unspecified atom stereocenters. The van der Waals surface area contributed by atoms with E-state index in [4.69, 9.17) is 10.8 Å². The molecule has 2 rings (SSSR count). The Morgan fingerprint density at radius 3 is 2.33 bits per heavy atom. The van der Waals surface area contributed by atoms with Gasteiger partial charge >= 0.3 is 5.97 Å². The van der Waals surface area contributed by atoms with E-state index in [0.717, 1.165) is 0 Å². The molecule has 3 N–H and O–H groups in total. The van der Waals surface area contributed by atoms with Gasteiger partial charge in [-0.3, -0.25) is 0 Å². The van der Waals surface area contributed by atoms with Crippen molar-refractivity contribution in [3.63, 3.8) is 0 Å². The van der Waals surface area contributed by atoms with Crippen LogP contribution in [0, 0.1) is 0 Å². The predicted molar refractivity (Wildman–Crippen MR) is 68.4 cm³/mol. The van der Waals surface area contributed by atoms with E-state index < -0.39 is 5.97 Å². The second-order valence-corrected chi connectivity index (χ2v) is 3.61. The number of carboxylic acids is 1. The number of azo groups is 1. The number of rotatable bonds is 3. The number of aromatic carboxylic acids is 1. The van der Waals surface area contributed by atoms with Crippen LogP contribution in [0.4, 0.5) is 17.1 Å². The lowest BCUT2D eigenvalue weighted by Crippen LogP contribution is -1.95. The van der Waals surface area contributed by atoms with Gasteiger partial charge in [0.1, 0.15) is 5.69 Å². The quantitative estimate of drug-likeness (QED) is 0.637. The second-order valence-electron chi connectivity index (χ2n) is 3.61. The zero-order valence-corrected chi connectivity index (χ0v) is 9.45. The van der Waals surface area contributed by atoms with Gasteiger partial charge < -0.3 is 10.8 Å². The van der Waals surface area contributed by atoms with Crippen LogP contribution in [-0.2, 0) is 0 Å². The summed E-state index contributed by atoms with van der Waals surface area (Å²) in [5.41, 5.74) is 7.24. The summed E-state index contributed by atoms with van der Waals surface area (Å²) in [5.74, 6) is -1.03. The molecule has 0 heterocycles. The highest BCUT2D eigenvalue weighted by atomic mass is 16.4. The fourth-order valence-electron chi connectivity index (χ4n) is 1.39. The molecule has 2 aromatic rings. The Hall–Kier alpha value is -2.69. The topological polar surface area (TPSA) is 88.0 Å². The Morgan fingerprint density at radius 1 is 1.00 bits per heavy atom. The highest BCUT2D eigenvalue weighted by molar-refractivity contribution is 5.93. The fourth-order valence-corrected chi connectivity index (χ4v) is 1.39. The average molecular weight is 241 g/mol. The van der Waals surface area contributed by atoms with Crippen molar-refractivity contribution in [2.75, 3.05) is 5.73 Å². The molecule has 0 aliphatic carbocycles. The summed E-state index contributed by atoms with van der Waals surface area (Å²) in [5, 5.41) is 16.9. The van der Waals surface area contributed by atoms with E-state index in [1.807, 2.05) is 0 Å². The molecule has 2 aromatic carbocycles. The molecule has 0 saturated carbocycles. The number of nitrogen functional groups attached to an aromatic ring is 1. The standard InChI is InChI=1S/C13H11N3O2/c14-9-5-7-10(8-6-9)15-16-12-4-2-1-3-11(12)13(17)18/h1-8H,14H2,(H,17,18)/b16-15+. The number of hydrogen-bond acceptors (Lipinski definition) is 4. The summed E-state index contributed by atoms with van der Waals surface area (Å²) in [6.45, 7) is 0. The van der Waals surface area contributed by atoms with Gasteiger partial charge in [-0.1, -0.05) is 12.1 Å². The van der Waals surface area contributed by atoms with Crippen LogP contribution in [0.15, 0.2) is 58.8 Å². The molecular weight excluding hydrogens is 230 g/mol. The highest BCUT2D eigenvalue weighted by Crippen LogP contribution is 2.22. The van der Waals surface area contributed by atoms with Crippen LogP contribution in [-0.4, -0.2) is 11.1 Å². The molecule has 0 saturated heterocycles. The lowest BCUT2D eigenvalue weighted by atomic mass is 10.2. The van der Waals surface area contributed by atoms with Gasteiger partial charge in [-0.15, -0.1) is 5.11 Å². The zero-order valence-electron chi connectivity index (χ0n) is 9.45. The van der Waals surface area contributed by atoms with Crippen molar-refractivity contribution in [2.45, 2.75) is 0 Å². The summed E-state index contributed by atoms with van der Waals surface area (Å²) in [6, 6.07) is 13.3. The molecule has 5 heteroatoms. The number of benzene rings is 2. The van der Waals surface area contributed by atoms with Gasteiger partial charge in [-0.25, -0.2) is 4.79 Å². The van der Waals surface area contributed by atoms with Gasteiger partial charge in [0.15, 0.2) is 0 Å². The lowest BCUT2D eigenvalue weighted by molar-refractivity contribution is 0.0698. The minimum absolute atomic E-state index is 0.122. The monoisotopic (exact) mass is 241 g/mol. The van der Waals surface area contributed by atoms with Gasteiger partial charge in [0.2, 0.25) is 0 Å². The summed E-state index contributed by atoms with van der Waals surface area (Å²) in [7, 11) is 0. The summed E-state index contributed by atoms with van der Waals surface area (Å²) in [6.07, 6.45) is 0. The van der Waals surface area contributed by atoms with E-state index in [1.165, 1.54) is 6.07 Å². The smallest absolute Gasteiger partial charge is 0.337 e. The van der Waals surface area contributed by atoms with Gasteiger partial charge in [-0.05, 0) is 36.4 Å². The maximum atomic E-state index is 11.0. The van der Waals surface area contributed by atoms with Crippen molar-refractivity contribution in [3.8, 4) is 0 Å². The largest absolute Gasteiger partial charge is 0.478 e. The van der Waals surface area contributed by atoms with Crippen molar-refractivity contribution in [1.29, 1.82) is 0 Å². The van der Waals surface area contributed by atoms with Crippen LogP contribution in [0.5, 0.6) is 0 Å². The number of hydrogen-bond donors (Lipinski definition) is 2. The predicted octanol–water partition coefficient (Wildman–Crippen LogP) is 3.38. The molecule has 0 aliphatic heterocycles. The molecule has 0 fully saturated rings. The summed E-state index contributed by atoms with van der Waals surface area (Å²) < 4.78 is 0. The van der Waals surface area contributed by atoms with Crippen LogP contribution >= 0.6 is 0 Å². The maximum absolute atomic E-state index is 11.0. The lowest BCUT2D eigenvalue weighted by Gasteiger charge is -1.98. The van der Waals surface area contributed by atoms with Crippen molar-refractivity contribution in [2.24, 2.45) is 10.2 Å². The second kappa shape index (κ2) is 5.09. The molecule has 90 valence electrons. The minimum atomic E-state index is -1.03. The fraction of sp³-hybridized carbons (Fsp3) is 0. The van der Waals surface area contributed by atoms with E-state index in [0.29, 0.717) is 17.1 Å². The van der Waals surface area contributed by atoms with Crippen molar-refractivity contribution in [1.82, 2.24) is 0 Å². The third-order valence-electron chi connectivity index (χ3n) is 2.30. The van der Waals surface area contributed by atoms with Gasteiger partial charge in [0.25, 0.3) is 0 Å². The van der Waals surface area contributed by atoms with Gasteiger partial charge in [0, 0.05) is 5.69 Å². The summed E-state index contributed by atoms with van der Waals surface area (Å²) >= 11 is 0. The molecule has 18 heavy (non-hydrogen) atoms. The average Bonchev–Trinajstić information content (AvgIpc) is 2.38.